The number of hydrogen-bond donors (Lipinski definition) is 4. The molecule has 0 saturated heterocycles. The first kappa shape index (κ1) is 22.5. The molecule has 33 heavy (non-hydrogen) atoms. The van der Waals surface area contributed by atoms with Crippen molar-refractivity contribution in [2.24, 2.45) is 5.92 Å². The molecular formula is C25H27N3O5. The fourth-order valence-electron chi connectivity index (χ4n) is 4.77. The van der Waals surface area contributed by atoms with Crippen molar-refractivity contribution in [3.63, 3.8) is 0 Å². The molecule has 3 aromatic rings. The van der Waals surface area contributed by atoms with Gasteiger partial charge in [0.25, 0.3) is 5.56 Å². The minimum atomic E-state index is -1.44. The van der Waals surface area contributed by atoms with E-state index >= 15 is 0 Å². The zero-order valence-corrected chi connectivity index (χ0v) is 19.0. The molecule has 0 aliphatic heterocycles. The maximum absolute atomic E-state index is 13.6. The maximum Gasteiger partial charge on any atom is 0.337 e. The zero-order chi connectivity index (χ0) is 23.9. The number of aromatic amines is 2. The monoisotopic (exact) mass is 449 g/mol. The molecule has 3 atom stereocenters. The van der Waals surface area contributed by atoms with Gasteiger partial charge in [0, 0.05) is 29.3 Å². The van der Waals surface area contributed by atoms with Crippen LogP contribution in [0.15, 0.2) is 47.3 Å². The van der Waals surface area contributed by atoms with Crippen molar-refractivity contribution in [2.75, 3.05) is 12.4 Å². The Morgan fingerprint density at radius 2 is 1.82 bits per heavy atom. The number of amides is 1. The summed E-state index contributed by atoms with van der Waals surface area (Å²) in [6.45, 7) is 5.47. The summed E-state index contributed by atoms with van der Waals surface area (Å²) in [7, 11) is 1.30. The fourth-order valence-corrected chi connectivity index (χ4v) is 4.77. The Balaban J connectivity index is 1.80. The second-order valence-electron chi connectivity index (χ2n) is 8.88. The topological polar surface area (TPSA) is 124 Å². The van der Waals surface area contributed by atoms with E-state index in [9.17, 15) is 19.5 Å². The van der Waals surface area contributed by atoms with Crippen LogP contribution in [0.5, 0.6) is 0 Å². The summed E-state index contributed by atoms with van der Waals surface area (Å²) >= 11 is 0. The smallest absolute Gasteiger partial charge is 0.337 e. The molecule has 8 heteroatoms. The van der Waals surface area contributed by atoms with Gasteiger partial charge >= 0.3 is 5.97 Å². The van der Waals surface area contributed by atoms with Crippen molar-refractivity contribution in [1.82, 2.24) is 10.2 Å². The molecule has 1 aliphatic carbocycles. The first-order valence-corrected chi connectivity index (χ1v) is 10.7. The van der Waals surface area contributed by atoms with Crippen LogP contribution in [-0.2, 0) is 16.0 Å². The predicted molar refractivity (Wildman–Crippen MR) is 123 cm³/mol. The Labute approximate surface area is 191 Å². The van der Waals surface area contributed by atoms with E-state index in [1.807, 2.05) is 32.0 Å². The van der Waals surface area contributed by atoms with Crippen LogP contribution in [0.2, 0.25) is 0 Å². The molecule has 1 amide bonds. The summed E-state index contributed by atoms with van der Waals surface area (Å²) in [6.07, 6.45) is 0.114. The highest BCUT2D eigenvalue weighted by Gasteiger charge is 2.50. The number of carbonyl (C=O) groups is 2. The Hall–Kier alpha value is -3.65. The Bertz CT molecular complexity index is 1270. The van der Waals surface area contributed by atoms with Crippen LogP contribution in [0.4, 0.5) is 5.69 Å². The largest absolute Gasteiger partial charge is 0.465 e. The maximum atomic E-state index is 13.6. The molecular weight excluding hydrogens is 422 g/mol. The number of H-pyrrole nitrogens is 2. The predicted octanol–water partition coefficient (Wildman–Crippen LogP) is 2.80. The van der Waals surface area contributed by atoms with Crippen molar-refractivity contribution in [1.29, 1.82) is 0 Å². The van der Waals surface area contributed by atoms with Crippen LogP contribution in [0.3, 0.4) is 0 Å². The first-order valence-electron chi connectivity index (χ1n) is 10.7. The van der Waals surface area contributed by atoms with Crippen molar-refractivity contribution in [2.45, 2.75) is 38.7 Å². The number of rotatable bonds is 4. The third-order valence-electron chi connectivity index (χ3n) is 6.36. The van der Waals surface area contributed by atoms with Gasteiger partial charge in [-0.05, 0) is 50.1 Å². The SMILES string of the molecule is COC(=O)c1ccc([C@@H]2c3c([nH][nH]c3=O)C[C@](C)(O)[C@H]2C(=O)Nc2ccc(C)cc2C)cc1. The van der Waals surface area contributed by atoms with Gasteiger partial charge < -0.3 is 20.3 Å². The van der Waals surface area contributed by atoms with Crippen LogP contribution < -0.4 is 10.9 Å². The Morgan fingerprint density at radius 3 is 2.45 bits per heavy atom. The standard InChI is InChI=1S/C25H27N3O5/c1-13-5-10-17(14(2)11-13)26-23(30)21-19(15-6-8-16(9-7-15)24(31)33-4)20-18(12-25(21,3)32)27-28-22(20)29/h5-11,19,21,32H,12H2,1-4H3,(H,26,30)(H2,27,28,29)/t19-,21-,25+/m1/s1. The minimum Gasteiger partial charge on any atom is -0.465 e. The molecule has 172 valence electrons. The third kappa shape index (κ3) is 4.09. The van der Waals surface area contributed by atoms with Gasteiger partial charge in [-0.15, -0.1) is 0 Å². The number of esters is 1. The highest BCUT2D eigenvalue weighted by Crippen LogP contribution is 2.44. The van der Waals surface area contributed by atoms with Crippen molar-refractivity contribution < 1.29 is 19.4 Å². The number of carbonyl (C=O) groups excluding carboxylic acids is 2. The number of nitrogens with one attached hydrogen (secondary N) is 3. The van der Waals surface area contributed by atoms with E-state index in [0.29, 0.717) is 28.1 Å². The lowest BCUT2D eigenvalue weighted by Gasteiger charge is -2.41. The number of ether oxygens (including phenoxy) is 1. The second-order valence-corrected chi connectivity index (χ2v) is 8.88. The quantitative estimate of drug-likeness (QED) is 0.456. The van der Waals surface area contributed by atoms with E-state index < -0.39 is 23.4 Å². The molecule has 0 spiro atoms. The van der Waals surface area contributed by atoms with Gasteiger partial charge in [-0.1, -0.05) is 29.8 Å². The van der Waals surface area contributed by atoms with E-state index in [-0.39, 0.29) is 17.9 Å². The van der Waals surface area contributed by atoms with E-state index in [1.54, 1.807) is 31.2 Å². The number of anilines is 1. The summed E-state index contributed by atoms with van der Waals surface area (Å²) in [5, 5.41) is 19.8. The first-order chi connectivity index (χ1) is 15.6. The highest BCUT2D eigenvalue weighted by atomic mass is 16.5. The molecule has 1 aliphatic rings. The van der Waals surface area contributed by atoms with Crippen LogP contribution in [-0.4, -0.2) is 39.9 Å². The molecule has 0 fully saturated rings. The zero-order valence-electron chi connectivity index (χ0n) is 19.0. The average Bonchev–Trinajstić information content (AvgIpc) is 3.13. The van der Waals surface area contributed by atoms with Gasteiger partial charge in [-0.2, -0.15) is 0 Å². The molecule has 4 N–H and O–H groups in total. The number of aryl methyl sites for hydroxylation is 2. The lowest BCUT2D eigenvalue weighted by Crippen LogP contribution is -2.51. The molecule has 0 bridgehead atoms. The summed E-state index contributed by atoms with van der Waals surface area (Å²) in [6, 6.07) is 12.2. The van der Waals surface area contributed by atoms with Gasteiger partial charge in [-0.3, -0.25) is 14.7 Å². The van der Waals surface area contributed by atoms with E-state index in [4.69, 9.17) is 4.74 Å². The lowest BCUT2D eigenvalue weighted by atomic mass is 9.66. The molecule has 1 heterocycles. The number of aromatic nitrogens is 2. The van der Waals surface area contributed by atoms with Gasteiger partial charge in [0.05, 0.1) is 24.2 Å². The molecule has 8 nitrogen and oxygen atoms in total. The average molecular weight is 450 g/mol. The molecule has 2 aromatic carbocycles. The van der Waals surface area contributed by atoms with Crippen LogP contribution in [0, 0.1) is 19.8 Å². The highest BCUT2D eigenvalue weighted by molar-refractivity contribution is 5.95. The lowest BCUT2D eigenvalue weighted by molar-refractivity contribution is -0.130. The molecule has 4 rings (SSSR count). The van der Waals surface area contributed by atoms with Crippen LogP contribution in [0.1, 0.15) is 51.1 Å². The summed E-state index contributed by atoms with van der Waals surface area (Å²) in [5.41, 5.74) is 2.79. The minimum absolute atomic E-state index is 0.114. The van der Waals surface area contributed by atoms with Gasteiger partial charge in [0.15, 0.2) is 0 Å². The summed E-state index contributed by atoms with van der Waals surface area (Å²) in [4.78, 5) is 38.2. The van der Waals surface area contributed by atoms with Gasteiger partial charge in [-0.25, -0.2) is 4.79 Å². The molecule has 1 aromatic heterocycles. The van der Waals surface area contributed by atoms with Gasteiger partial charge in [0.2, 0.25) is 5.91 Å². The van der Waals surface area contributed by atoms with E-state index in [2.05, 4.69) is 15.5 Å². The molecule has 0 saturated carbocycles. The Morgan fingerprint density at radius 1 is 1.12 bits per heavy atom. The number of hydrogen-bond acceptors (Lipinski definition) is 5. The van der Waals surface area contributed by atoms with Crippen molar-refractivity contribution in [3.05, 3.63) is 86.3 Å². The Kier molecular flexibility index (Phi) is 5.71. The summed E-state index contributed by atoms with van der Waals surface area (Å²) in [5.74, 6) is -2.55. The van der Waals surface area contributed by atoms with E-state index in [0.717, 1.165) is 11.1 Å². The number of methoxy groups -OCH3 is 1. The number of benzene rings is 2. The number of fused-ring (bicyclic) bond motifs is 1. The third-order valence-corrected chi connectivity index (χ3v) is 6.36. The van der Waals surface area contributed by atoms with Crippen LogP contribution in [0.25, 0.3) is 0 Å². The fraction of sp³-hybridized carbons (Fsp3) is 0.320. The van der Waals surface area contributed by atoms with Crippen molar-refractivity contribution in [3.8, 4) is 0 Å². The van der Waals surface area contributed by atoms with Gasteiger partial charge in [0.1, 0.15) is 0 Å². The second kappa shape index (κ2) is 8.37. The number of aliphatic hydroxyl groups is 1. The van der Waals surface area contributed by atoms with Crippen molar-refractivity contribution >= 4 is 17.6 Å². The molecule has 0 unspecified atom stereocenters. The summed E-state index contributed by atoms with van der Waals surface area (Å²) < 4.78 is 4.76. The van der Waals surface area contributed by atoms with E-state index in [1.165, 1.54) is 7.11 Å². The molecule has 0 radical (unpaired) electrons. The normalized spacial score (nSPS) is 21.8. The van der Waals surface area contributed by atoms with Crippen LogP contribution >= 0.6 is 0 Å².